The number of cyclic esters (lactones) is 1. The number of anilines is 2. The molecule has 1 aromatic heterocycles. The smallest absolute Gasteiger partial charge is 0.414 e. The number of nitrogens with one attached hydrogen (secondary N) is 1. The summed E-state index contributed by atoms with van der Waals surface area (Å²) in [6.45, 7) is 1.84. The van der Waals surface area contributed by atoms with Crippen LogP contribution in [0.15, 0.2) is 36.5 Å². The molecule has 0 unspecified atom stereocenters. The third-order valence-corrected chi connectivity index (χ3v) is 3.81. The van der Waals surface area contributed by atoms with Crippen LogP contribution in [0.5, 0.6) is 0 Å². The summed E-state index contributed by atoms with van der Waals surface area (Å²) in [5, 5.41) is 2.59. The number of carbonyl (C=O) groups excluding carboxylic acids is 2. The lowest BCUT2D eigenvalue weighted by molar-refractivity contribution is -0.119. The highest BCUT2D eigenvalue weighted by Crippen LogP contribution is 2.29. The van der Waals surface area contributed by atoms with Gasteiger partial charge in [0.25, 0.3) is 0 Å². The van der Waals surface area contributed by atoms with Crippen molar-refractivity contribution < 1.29 is 18.7 Å². The molecule has 1 atom stereocenters. The monoisotopic (exact) mass is 344 g/mol. The number of hydrogen-bond donors (Lipinski definition) is 2. The number of carbonyl (C=O) groups is 2. The van der Waals surface area contributed by atoms with E-state index in [1.54, 1.807) is 24.3 Å². The zero-order chi connectivity index (χ0) is 18.0. The predicted molar refractivity (Wildman–Crippen MR) is 90.3 cm³/mol. The van der Waals surface area contributed by atoms with Gasteiger partial charge in [0.05, 0.1) is 18.8 Å². The number of nitrogens with zero attached hydrogens (tertiary/aromatic N) is 2. The van der Waals surface area contributed by atoms with Crippen LogP contribution in [0, 0.1) is 5.82 Å². The van der Waals surface area contributed by atoms with Crippen LogP contribution >= 0.6 is 0 Å². The second-order valence-electron chi connectivity index (χ2n) is 5.69. The third-order valence-electron chi connectivity index (χ3n) is 3.81. The standard InChI is InChI=1S/C17H17FN4O3/c1-10(23)21-8-13-9-22(17(24)25-13)12-2-3-14(15(18)7-12)11-4-5-20-16(19)6-11/h2-7,13H,8-9H2,1H3,(H2,19,20)(H,21,23)/t13-/m0/s1. The number of halogens is 1. The van der Waals surface area contributed by atoms with Crippen molar-refractivity contribution in [1.29, 1.82) is 0 Å². The molecule has 1 aliphatic heterocycles. The molecule has 0 spiro atoms. The zero-order valence-corrected chi connectivity index (χ0v) is 13.5. The fourth-order valence-electron chi connectivity index (χ4n) is 2.62. The number of pyridine rings is 1. The summed E-state index contributed by atoms with van der Waals surface area (Å²) in [6, 6.07) is 7.71. The van der Waals surface area contributed by atoms with Gasteiger partial charge in [0.2, 0.25) is 5.91 Å². The highest BCUT2D eigenvalue weighted by atomic mass is 19.1. The second kappa shape index (κ2) is 6.76. The van der Waals surface area contributed by atoms with Crippen molar-refractivity contribution in [1.82, 2.24) is 10.3 Å². The molecule has 0 bridgehead atoms. The van der Waals surface area contributed by atoms with E-state index in [0.717, 1.165) is 0 Å². The number of benzene rings is 1. The summed E-state index contributed by atoms with van der Waals surface area (Å²) in [5.41, 5.74) is 6.98. The topological polar surface area (TPSA) is 97.5 Å². The van der Waals surface area contributed by atoms with E-state index in [9.17, 15) is 14.0 Å². The van der Waals surface area contributed by atoms with Gasteiger partial charge in [-0.1, -0.05) is 0 Å². The number of rotatable bonds is 4. The molecule has 0 radical (unpaired) electrons. The van der Waals surface area contributed by atoms with Gasteiger partial charge < -0.3 is 15.8 Å². The maximum Gasteiger partial charge on any atom is 0.414 e. The molecule has 1 fully saturated rings. The minimum atomic E-state index is -0.573. The van der Waals surface area contributed by atoms with E-state index in [2.05, 4.69) is 10.3 Å². The minimum Gasteiger partial charge on any atom is -0.442 e. The molecule has 0 aliphatic carbocycles. The van der Waals surface area contributed by atoms with Crippen molar-refractivity contribution in [3.63, 3.8) is 0 Å². The van der Waals surface area contributed by atoms with Crippen LogP contribution in [0.25, 0.3) is 11.1 Å². The van der Waals surface area contributed by atoms with Gasteiger partial charge >= 0.3 is 6.09 Å². The number of aromatic nitrogens is 1. The summed E-state index contributed by atoms with van der Waals surface area (Å²) < 4.78 is 19.7. The summed E-state index contributed by atoms with van der Waals surface area (Å²) >= 11 is 0. The molecular weight excluding hydrogens is 327 g/mol. The van der Waals surface area contributed by atoms with Crippen LogP contribution in [0.4, 0.5) is 20.7 Å². The first-order valence-corrected chi connectivity index (χ1v) is 7.68. The first-order valence-electron chi connectivity index (χ1n) is 7.68. The van der Waals surface area contributed by atoms with Crippen LogP contribution in [-0.4, -0.2) is 36.2 Å². The summed E-state index contributed by atoms with van der Waals surface area (Å²) in [4.78, 5) is 28.1. The van der Waals surface area contributed by atoms with E-state index >= 15 is 0 Å². The van der Waals surface area contributed by atoms with E-state index in [4.69, 9.17) is 10.5 Å². The summed E-state index contributed by atoms with van der Waals surface area (Å²) in [7, 11) is 0. The Morgan fingerprint density at radius 1 is 1.44 bits per heavy atom. The van der Waals surface area contributed by atoms with Crippen molar-refractivity contribution in [3.05, 3.63) is 42.3 Å². The van der Waals surface area contributed by atoms with Crippen molar-refractivity contribution in [3.8, 4) is 11.1 Å². The Morgan fingerprint density at radius 3 is 2.92 bits per heavy atom. The molecule has 2 aromatic rings. The van der Waals surface area contributed by atoms with Gasteiger partial charge in [0.15, 0.2) is 0 Å². The molecule has 2 amide bonds. The predicted octanol–water partition coefficient (Wildman–Crippen LogP) is 1.93. The lowest BCUT2D eigenvalue weighted by Gasteiger charge is -2.14. The van der Waals surface area contributed by atoms with E-state index in [-0.39, 0.29) is 19.0 Å². The number of ether oxygens (including phenoxy) is 1. The average Bonchev–Trinajstić information content (AvgIpc) is 2.94. The Morgan fingerprint density at radius 2 is 2.24 bits per heavy atom. The molecule has 8 heteroatoms. The van der Waals surface area contributed by atoms with Crippen LogP contribution in [0.2, 0.25) is 0 Å². The fourth-order valence-corrected chi connectivity index (χ4v) is 2.62. The summed E-state index contributed by atoms with van der Waals surface area (Å²) in [6.07, 6.45) is 0.456. The van der Waals surface area contributed by atoms with Gasteiger partial charge in [-0.2, -0.15) is 0 Å². The first kappa shape index (κ1) is 16.7. The van der Waals surface area contributed by atoms with E-state index < -0.39 is 18.0 Å². The van der Waals surface area contributed by atoms with Crippen molar-refractivity contribution >= 4 is 23.5 Å². The van der Waals surface area contributed by atoms with Gasteiger partial charge in [-0.25, -0.2) is 14.2 Å². The molecule has 130 valence electrons. The van der Waals surface area contributed by atoms with Crippen LogP contribution in [0.1, 0.15) is 6.92 Å². The quantitative estimate of drug-likeness (QED) is 0.883. The van der Waals surface area contributed by atoms with Crippen LogP contribution in [-0.2, 0) is 9.53 Å². The fraction of sp³-hybridized carbons (Fsp3) is 0.235. The molecule has 3 rings (SSSR count). The van der Waals surface area contributed by atoms with Crippen molar-refractivity contribution in [2.24, 2.45) is 0 Å². The SMILES string of the molecule is CC(=O)NC[C@H]1CN(c2ccc(-c3ccnc(N)c3)c(F)c2)C(=O)O1. The van der Waals surface area contributed by atoms with Gasteiger partial charge in [-0.05, 0) is 35.9 Å². The maximum absolute atomic E-state index is 14.5. The third kappa shape index (κ3) is 3.68. The number of amides is 2. The molecule has 2 heterocycles. The highest BCUT2D eigenvalue weighted by molar-refractivity contribution is 5.90. The number of hydrogen-bond acceptors (Lipinski definition) is 5. The normalized spacial score (nSPS) is 16.6. The molecule has 3 N–H and O–H groups in total. The van der Waals surface area contributed by atoms with Crippen molar-refractivity contribution in [2.75, 3.05) is 23.7 Å². The lowest BCUT2D eigenvalue weighted by Crippen LogP contribution is -2.33. The largest absolute Gasteiger partial charge is 0.442 e. The van der Waals surface area contributed by atoms with Crippen LogP contribution < -0.4 is 16.0 Å². The van der Waals surface area contributed by atoms with Gasteiger partial charge in [0.1, 0.15) is 17.7 Å². The lowest BCUT2D eigenvalue weighted by atomic mass is 10.1. The Labute approximate surface area is 143 Å². The van der Waals surface area contributed by atoms with Gasteiger partial charge in [-0.15, -0.1) is 0 Å². The Balaban J connectivity index is 1.79. The number of nitrogen functional groups attached to an aromatic ring is 1. The number of nitrogens with two attached hydrogens (primary N) is 1. The molecule has 25 heavy (non-hydrogen) atoms. The Hall–Kier alpha value is -3.16. The van der Waals surface area contributed by atoms with Crippen LogP contribution in [0.3, 0.4) is 0 Å². The first-order chi connectivity index (χ1) is 11.9. The van der Waals surface area contributed by atoms with E-state index in [1.165, 1.54) is 24.1 Å². The minimum absolute atomic E-state index is 0.207. The van der Waals surface area contributed by atoms with E-state index in [0.29, 0.717) is 22.6 Å². The molecular formula is C17H17FN4O3. The maximum atomic E-state index is 14.5. The molecule has 1 saturated heterocycles. The molecule has 1 aromatic carbocycles. The molecule has 1 aliphatic rings. The Kier molecular flexibility index (Phi) is 4.51. The molecule has 7 nitrogen and oxygen atoms in total. The second-order valence-corrected chi connectivity index (χ2v) is 5.69. The highest BCUT2D eigenvalue weighted by Gasteiger charge is 2.32. The van der Waals surface area contributed by atoms with Gasteiger partial charge in [-0.3, -0.25) is 9.69 Å². The zero-order valence-electron chi connectivity index (χ0n) is 13.5. The van der Waals surface area contributed by atoms with Crippen molar-refractivity contribution in [2.45, 2.75) is 13.0 Å². The average molecular weight is 344 g/mol. The molecule has 0 saturated carbocycles. The van der Waals surface area contributed by atoms with Gasteiger partial charge in [0, 0.05) is 18.7 Å². The van der Waals surface area contributed by atoms with E-state index in [1.807, 2.05) is 0 Å². The summed E-state index contributed by atoms with van der Waals surface area (Å²) in [5.74, 6) is -0.396. The Bertz CT molecular complexity index is 827.